The van der Waals surface area contributed by atoms with Crippen LogP contribution in [-0.4, -0.2) is 22.9 Å². The van der Waals surface area contributed by atoms with Crippen LogP contribution in [0, 0.1) is 10.1 Å². The van der Waals surface area contributed by atoms with Crippen LogP contribution in [0.5, 0.6) is 0 Å². The summed E-state index contributed by atoms with van der Waals surface area (Å²) in [5.74, 6) is -1.18. The van der Waals surface area contributed by atoms with E-state index in [2.05, 4.69) is 5.32 Å². The number of hydrogen-bond donors (Lipinski definition) is 1. The quantitative estimate of drug-likeness (QED) is 0.292. The topological polar surface area (TPSA) is 98.5 Å². The van der Waals surface area contributed by atoms with Crippen LogP contribution >= 0.6 is 0 Å². The van der Waals surface area contributed by atoms with Gasteiger partial charge in [0.1, 0.15) is 0 Å². The minimum absolute atomic E-state index is 0.0802. The van der Waals surface area contributed by atoms with E-state index in [1.54, 1.807) is 12.1 Å². The number of rotatable bonds is 6. The molecule has 3 aromatic carbocycles. The van der Waals surface area contributed by atoms with Crippen molar-refractivity contribution in [2.75, 3.05) is 5.32 Å². The van der Waals surface area contributed by atoms with Crippen LogP contribution in [-0.2, 0) is 14.3 Å². The molecule has 0 bridgehead atoms. The third-order valence-electron chi connectivity index (χ3n) is 4.20. The van der Waals surface area contributed by atoms with E-state index in [9.17, 15) is 19.7 Å². The number of amides is 1. The molecule has 29 heavy (non-hydrogen) atoms. The molecule has 0 unspecified atom stereocenters. The summed E-state index contributed by atoms with van der Waals surface area (Å²) >= 11 is 0. The summed E-state index contributed by atoms with van der Waals surface area (Å²) < 4.78 is 5.12. The Morgan fingerprint density at radius 2 is 1.79 bits per heavy atom. The van der Waals surface area contributed by atoms with E-state index >= 15 is 0 Å². The second kappa shape index (κ2) is 8.79. The number of esters is 1. The molecule has 0 aliphatic carbocycles. The van der Waals surface area contributed by atoms with Gasteiger partial charge in [-0.05, 0) is 30.0 Å². The lowest BCUT2D eigenvalue weighted by atomic mass is 10.1. The summed E-state index contributed by atoms with van der Waals surface area (Å²) in [6.45, 7) is 1.47. The zero-order valence-corrected chi connectivity index (χ0v) is 15.6. The van der Waals surface area contributed by atoms with Crippen molar-refractivity contribution < 1.29 is 19.2 Å². The molecule has 3 aromatic rings. The highest BCUT2D eigenvalue weighted by molar-refractivity contribution is 6.04. The minimum atomic E-state index is -1.02. The molecule has 0 spiro atoms. The molecule has 3 rings (SSSR count). The molecule has 0 radical (unpaired) electrons. The number of fused-ring (bicyclic) bond motifs is 1. The van der Waals surface area contributed by atoms with Gasteiger partial charge < -0.3 is 10.1 Å². The van der Waals surface area contributed by atoms with Crippen LogP contribution in [0.15, 0.2) is 72.8 Å². The zero-order valence-electron chi connectivity index (χ0n) is 15.6. The van der Waals surface area contributed by atoms with Crippen molar-refractivity contribution in [1.29, 1.82) is 0 Å². The van der Waals surface area contributed by atoms with E-state index in [0.29, 0.717) is 11.3 Å². The predicted octanol–water partition coefficient (Wildman–Crippen LogP) is 4.33. The molecular weight excluding hydrogens is 372 g/mol. The van der Waals surface area contributed by atoms with Gasteiger partial charge in [-0.15, -0.1) is 0 Å². The normalized spacial score (nSPS) is 11.9. The van der Waals surface area contributed by atoms with Crippen molar-refractivity contribution in [3.05, 3.63) is 88.5 Å². The van der Waals surface area contributed by atoms with Crippen molar-refractivity contribution >= 4 is 40.1 Å². The van der Waals surface area contributed by atoms with E-state index in [0.717, 1.165) is 16.8 Å². The standard InChI is InChI=1S/C22H18N2O5/c1-15(22(26)23-20-11-5-8-17-7-2-3-10-19(17)20)29-21(25)13-12-16-6-4-9-18(14-16)24(27)28/h2-15H,1H3,(H,23,26)/b13-12+/t15-/m0/s1. The van der Waals surface area contributed by atoms with Gasteiger partial charge in [-0.2, -0.15) is 0 Å². The first-order valence-electron chi connectivity index (χ1n) is 8.86. The summed E-state index contributed by atoms with van der Waals surface area (Å²) in [6.07, 6.45) is 1.50. The largest absolute Gasteiger partial charge is 0.449 e. The second-order valence-corrected chi connectivity index (χ2v) is 6.28. The number of hydrogen-bond acceptors (Lipinski definition) is 5. The monoisotopic (exact) mass is 390 g/mol. The zero-order chi connectivity index (χ0) is 20.8. The third-order valence-corrected chi connectivity index (χ3v) is 4.20. The SMILES string of the molecule is C[C@H](OC(=O)/C=C/c1cccc([N+](=O)[O-])c1)C(=O)Nc1cccc2ccccc12. The molecule has 7 nitrogen and oxygen atoms in total. The summed E-state index contributed by atoms with van der Waals surface area (Å²) in [4.78, 5) is 34.7. The summed E-state index contributed by atoms with van der Waals surface area (Å²) in [5, 5.41) is 15.4. The molecule has 1 atom stereocenters. The average molecular weight is 390 g/mol. The minimum Gasteiger partial charge on any atom is -0.449 e. The maximum Gasteiger partial charge on any atom is 0.331 e. The van der Waals surface area contributed by atoms with Crippen molar-refractivity contribution in [2.24, 2.45) is 0 Å². The third kappa shape index (κ3) is 5.04. The van der Waals surface area contributed by atoms with Crippen molar-refractivity contribution in [2.45, 2.75) is 13.0 Å². The van der Waals surface area contributed by atoms with E-state index in [4.69, 9.17) is 4.74 Å². The lowest BCUT2D eigenvalue weighted by Gasteiger charge is -2.13. The Kier molecular flexibility index (Phi) is 5.99. The first kappa shape index (κ1) is 19.8. The molecule has 0 heterocycles. The molecule has 0 aliphatic heterocycles. The molecule has 1 N–H and O–H groups in total. The Balaban J connectivity index is 1.62. The molecule has 7 heteroatoms. The fourth-order valence-corrected chi connectivity index (χ4v) is 2.74. The molecule has 0 fully saturated rings. The van der Waals surface area contributed by atoms with Crippen molar-refractivity contribution in [1.82, 2.24) is 0 Å². The molecular formula is C22H18N2O5. The first-order valence-corrected chi connectivity index (χ1v) is 8.86. The molecule has 1 amide bonds. The average Bonchev–Trinajstić information content (AvgIpc) is 2.72. The van der Waals surface area contributed by atoms with E-state index in [-0.39, 0.29) is 5.69 Å². The number of nitrogens with one attached hydrogen (secondary N) is 1. The van der Waals surface area contributed by atoms with Gasteiger partial charge in [0.05, 0.1) is 4.92 Å². The molecule has 0 saturated carbocycles. The molecule has 146 valence electrons. The Morgan fingerprint density at radius 3 is 2.59 bits per heavy atom. The van der Waals surface area contributed by atoms with Crippen LogP contribution in [0.25, 0.3) is 16.8 Å². The summed E-state index contributed by atoms with van der Waals surface area (Å²) in [6, 6.07) is 19.0. The number of benzene rings is 3. The number of ether oxygens (including phenoxy) is 1. The van der Waals surface area contributed by atoms with Crippen LogP contribution < -0.4 is 5.32 Å². The number of nitrogens with zero attached hydrogens (tertiary/aromatic N) is 1. The van der Waals surface area contributed by atoms with Crippen LogP contribution in [0.1, 0.15) is 12.5 Å². The maximum absolute atomic E-state index is 12.4. The second-order valence-electron chi connectivity index (χ2n) is 6.28. The number of carbonyl (C=O) groups is 2. The van der Waals surface area contributed by atoms with E-state index < -0.39 is 22.9 Å². The van der Waals surface area contributed by atoms with Gasteiger partial charge in [0, 0.05) is 29.3 Å². The van der Waals surface area contributed by atoms with Gasteiger partial charge in [-0.25, -0.2) is 4.79 Å². The lowest BCUT2D eigenvalue weighted by Crippen LogP contribution is -2.29. The summed E-state index contributed by atoms with van der Waals surface area (Å²) in [5.41, 5.74) is 1.02. The Labute approximate surface area is 166 Å². The number of nitro groups is 1. The van der Waals surface area contributed by atoms with Gasteiger partial charge in [0.2, 0.25) is 0 Å². The Bertz CT molecular complexity index is 1100. The van der Waals surface area contributed by atoms with E-state index in [1.165, 1.54) is 31.2 Å². The van der Waals surface area contributed by atoms with Gasteiger partial charge in [-0.1, -0.05) is 48.5 Å². The maximum atomic E-state index is 12.4. The van der Waals surface area contributed by atoms with Gasteiger partial charge in [-0.3, -0.25) is 14.9 Å². The highest BCUT2D eigenvalue weighted by atomic mass is 16.6. The molecule has 0 saturated heterocycles. The van der Waals surface area contributed by atoms with Crippen molar-refractivity contribution in [3.8, 4) is 0 Å². The lowest BCUT2D eigenvalue weighted by molar-refractivity contribution is -0.384. The highest BCUT2D eigenvalue weighted by Crippen LogP contribution is 2.23. The number of nitro benzene ring substituents is 1. The Morgan fingerprint density at radius 1 is 1.07 bits per heavy atom. The fraction of sp³-hybridized carbons (Fsp3) is 0.0909. The first-order chi connectivity index (χ1) is 13.9. The number of non-ortho nitro benzene ring substituents is 1. The molecule has 0 aliphatic rings. The van der Waals surface area contributed by atoms with Crippen LogP contribution in [0.4, 0.5) is 11.4 Å². The molecule has 0 aromatic heterocycles. The van der Waals surface area contributed by atoms with Crippen molar-refractivity contribution in [3.63, 3.8) is 0 Å². The fourth-order valence-electron chi connectivity index (χ4n) is 2.74. The number of anilines is 1. The van der Waals surface area contributed by atoms with Crippen LogP contribution in [0.3, 0.4) is 0 Å². The van der Waals surface area contributed by atoms with Gasteiger partial charge >= 0.3 is 5.97 Å². The van der Waals surface area contributed by atoms with Gasteiger partial charge in [0.15, 0.2) is 6.10 Å². The number of carbonyl (C=O) groups excluding carboxylic acids is 2. The smallest absolute Gasteiger partial charge is 0.331 e. The Hall–Kier alpha value is -4.00. The summed E-state index contributed by atoms with van der Waals surface area (Å²) in [7, 11) is 0. The predicted molar refractivity (Wildman–Crippen MR) is 110 cm³/mol. The highest BCUT2D eigenvalue weighted by Gasteiger charge is 2.17. The van der Waals surface area contributed by atoms with Gasteiger partial charge in [0.25, 0.3) is 11.6 Å². The van der Waals surface area contributed by atoms with Crippen LogP contribution in [0.2, 0.25) is 0 Å². The van der Waals surface area contributed by atoms with E-state index in [1.807, 2.05) is 36.4 Å².